The van der Waals surface area contributed by atoms with Crippen LogP contribution < -0.4 is 15.6 Å². The van der Waals surface area contributed by atoms with E-state index in [2.05, 4.69) is 15.7 Å². The molecule has 1 atom stereocenters. The number of hydrogen-bond acceptors (Lipinski definition) is 6. The molecule has 1 aliphatic rings. The molecule has 0 aliphatic carbocycles. The number of carbonyl (C=O) groups is 4. The molecule has 0 bridgehead atoms. The van der Waals surface area contributed by atoms with E-state index in [1.54, 1.807) is 54.6 Å². The van der Waals surface area contributed by atoms with Gasteiger partial charge < -0.3 is 15.4 Å². The molecule has 9 nitrogen and oxygen atoms in total. The van der Waals surface area contributed by atoms with Gasteiger partial charge in [0.1, 0.15) is 5.71 Å². The maximum Gasteiger partial charge on any atom is 0.355 e. The number of nitrogens with one attached hydrogen (secondary N) is 2. The second-order valence-electron chi connectivity index (χ2n) is 8.36. The predicted molar refractivity (Wildman–Crippen MR) is 139 cm³/mol. The van der Waals surface area contributed by atoms with Crippen molar-refractivity contribution in [3.05, 3.63) is 96.1 Å². The lowest BCUT2D eigenvalue weighted by atomic mass is 10.1. The van der Waals surface area contributed by atoms with Crippen LogP contribution in [-0.4, -0.2) is 36.0 Å². The molecule has 0 radical (unpaired) electrons. The molecule has 1 aliphatic heterocycles. The summed E-state index contributed by atoms with van der Waals surface area (Å²) in [5, 5.41) is 10.8. The van der Waals surface area contributed by atoms with Crippen molar-refractivity contribution in [1.29, 1.82) is 0 Å². The maximum atomic E-state index is 12.9. The van der Waals surface area contributed by atoms with Crippen molar-refractivity contribution in [2.45, 2.75) is 25.8 Å². The topological polar surface area (TPSA) is 117 Å². The van der Waals surface area contributed by atoms with E-state index in [4.69, 9.17) is 4.74 Å². The third-order valence-electron chi connectivity index (χ3n) is 5.70. The Morgan fingerprint density at radius 2 is 1.57 bits per heavy atom. The molecular weight excluding hydrogens is 472 g/mol. The van der Waals surface area contributed by atoms with Crippen molar-refractivity contribution in [3.63, 3.8) is 0 Å². The Balaban J connectivity index is 1.36. The molecular formula is C28H26N4O5. The van der Waals surface area contributed by atoms with Crippen LogP contribution in [0.15, 0.2) is 90.0 Å². The van der Waals surface area contributed by atoms with Gasteiger partial charge in [-0.25, -0.2) is 9.80 Å². The second kappa shape index (κ2) is 11.8. The van der Waals surface area contributed by atoms with E-state index in [0.717, 1.165) is 10.6 Å². The molecule has 2 N–H and O–H groups in total. The highest BCUT2D eigenvalue weighted by molar-refractivity contribution is 6.38. The molecule has 4 rings (SSSR count). The van der Waals surface area contributed by atoms with Gasteiger partial charge in [0, 0.05) is 12.8 Å². The number of nitrogens with zero attached hydrogens (tertiary/aromatic N) is 2. The number of anilines is 2. The van der Waals surface area contributed by atoms with Gasteiger partial charge in [0.15, 0.2) is 6.61 Å². The first-order valence-corrected chi connectivity index (χ1v) is 11.8. The number of para-hydroxylation sites is 2. The van der Waals surface area contributed by atoms with Crippen LogP contribution in [0.1, 0.15) is 41.7 Å². The number of benzene rings is 3. The lowest BCUT2D eigenvalue weighted by Gasteiger charge is -2.22. The summed E-state index contributed by atoms with van der Waals surface area (Å²) in [5.74, 6) is -1.99. The summed E-state index contributed by atoms with van der Waals surface area (Å²) in [5.41, 5.74) is 2.09. The first-order valence-electron chi connectivity index (χ1n) is 11.8. The van der Waals surface area contributed by atoms with Crippen LogP contribution in [0.5, 0.6) is 0 Å². The minimum Gasteiger partial charge on any atom is -0.451 e. The number of rotatable bonds is 8. The summed E-state index contributed by atoms with van der Waals surface area (Å²) in [6, 6.07) is 24.6. The SMILES string of the molecule is CC(NC(=O)c1ccccc1NC(=O)COC(=O)C1=NN(c2ccccc2)C(=O)CC1)c1ccccc1. The van der Waals surface area contributed by atoms with E-state index < -0.39 is 18.5 Å². The highest BCUT2D eigenvalue weighted by atomic mass is 16.5. The summed E-state index contributed by atoms with van der Waals surface area (Å²) < 4.78 is 5.14. The molecule has 1 heterocycles. The molecule has 188 valence electrons. The van der Waals surface area contributed by atoms with E-state index in [9.17, 15) is 19.2 Å². The lowest BCUT2D eigenvalue weighted by Crippen LogP contribution is -2.35. The van der Waals surface area contributed by atoms with Gasteiger partial charge in [-0.2, -0.15) is 5.10 Å². The highest BCUT2D eigenvalue weighted by Gasteiger charge is 2.27. The fourth-order valence-electron chi connectivity index (χ4n) is 3.76. The Morgan fingerprint density at radius 3 is 2.30 bits per heavy atom. The van der Waals surface area contributed by atoms with Crippen LogP contribution in [0.3, 0.4) is 0 Å². The molecule has 0 saturated heterocycles. The molecule has 0 fully saturated rings. The van der Waals surface area contributed by atoms with Crippen LogP contribution in [0, 0.1) is 0 Å². The molecule has 3 amide bonds. The molecule has 0 aromatic heterocycles. The zero-order valence-corrected chi connectivity index (χ0v) is 20.2. The summed E-state index contributed by atoms with van der Waals surface area (Å²) in [7, 11) is 0. The number of carbonyl (C=O) groups excluding carboxylic acids is 4. The summed E-state index contributed by atoms with van der Waals surface area (Å²) >= 11 is 0. The minimum atomic E-state index is -0.786. The molecule has 0 saturated carbocycles. The van der Waals surface area contributed by atoms with E-state index >= 15 is 0 Å². The van der Waals surface area contributed by atoms with Gasteiger partial charge in [0.25, 0.3) is 11.8 Å². The predicted octanol–water partition coefficient (Wildman–Crippen LogP) is 3.84. The Kier molecular flexibility index (Phi) is 8.05. The molecule has 37 heavy (non-hydrogen) atoms. The molecule has 1 unspecified atom stereocenters. The van der Waals surface area contributed by atoms with Crippen molar-refractivity contribution in [2.24, 2.45) is 5.10 Å². The number of hydrazone groups is 1. The molecule has 9 heteroatoms. The summed E-state index contributed by atoms with van der Waals surface area (Å²) in [6.07, 6.45) is 0.212. The number of amides is 3. The monoisotopic (exact) mass is 498 g/mol. The van der Waals surface area contributed by atoms with E-state index in [0.29, 0.717) is 5.69 Å². The fourth-order valence-corrected chi connectivity index (χ4v) is 3.76. The van der Waals surface area contributed by atoms with Crippen LogP contribution in [0.4, 0.5) is 11.4 Å². The Labute approximate surface area is 214 Å². The van der Waals surface area contributed by atoms with Crippen LogP contribution in [0.25, 0.3) is 0 Å². The zero-order chi connectivity index (χ0) is 26.2. The lowest BCUT2D eigenvalue weighted by molar-refractivity contribution is -0.140. The number of hydrogen-bond donors (Lipinski definition) is 2. The van der Waals surface area contributed by atoms with Crippen molar-refractivity contribution < 1.29 is 23.9 Å². The fraction of sp³-hybridized carbons (Fsp3) is 0.179. The summed E-state index contributed by atoms with van der Waals surface area (Å²) in [4.78, 5) is 50.2. The van der Waals surface area contributed by atoms with Crippen LogP contribution >= 0.6 is 0 Å². The van der Waals surface area contributed by atoms with E-state index in [1.807, 2.05) is 37.3 Å². The first-order chi connectivity index (χ1) is 17.9. The third kappa shape index (κ3) is 6.46. The maximum absolute atomic E-state index is 12.9. The Morgan fingerprint density at radius 1 is 0.919 bits per heavy atom. The summed E-state index contributed by atoms with van der Waals surface area (Å²) in [6.45, 7) is 1.29. The average molecular weight is 499 g/mol. The Hall–Kier alpha value is -4.79. The quantitative estimate of drug-likeness (QED) is 0.458. The smallest absolute Gasteiger partial charge is 0.355 e. The van der Waals surface area contributed by atoms with Crippen LogP contribution in [0.2, 0.25) is 0 Å². The van der Waals surface area contributed by atoms with Crippen LogP contribution in [-0.2, 0) is 19.1 Å². The molecule has 3 aromatic carbocycles. The van der Waals surface area contributed by atoms with E-state index in [1.165, 1.54) is 0 Å². The minimum absolute atomic E-state index is 0.0472. The second-order valence-corrected chi connectivity index (χ2v) is 8.36. The number of ether oxygens (including phenoxy) is 1. The van der Waals surface area contributed by atoms with Gasteiger partial charge >= 0.3 is 5.97 Å². The van der Waals surface area contributed by atoms with Gasteiger partial charge in [-0.3, -0.25) is 14.4 Å². The van der Waals surface area contributed by atoms with Crippen molar-refractivity contribution in [2.75, 3.05) is 16.9 Å². The number of esters is 1. The largest absolute Gasteiger partial charge is 0.451 e. The highest BCUT2D eigenvalue weighted by Crippen LogP contribution is 2.21. The third-order valence-corrected chi connectivity index (χ3v) is 5.70. The van der Waals surface area contributed by atoms with Crippen molar-refractivity contribution in [1.82, 2.24) is 5.32 Å². The average Bonchev–Trinajstić information content (AvgIpc) is 2.93. The van der Waals surface area contributed by atoms with Gasteiger partial charge in [-0.15, -0.1) is 0 Å². The van der Waals surface area contributed by atoms with Gasteiger partial charge in [0.2, 0.25) is 5.91 Å². The Bertz CT molecular complexity index is 1320. The van der Waals surface area contributed by atoms with Gasteiger partial charge in [0.05, 0.1) is 23.0 Å². The van der Waals surface area contributed by atoms with E-state index in [-0.39, 0.29) is 47.7 Å². The zero-order valence-electron chi connectivity index (χ0n) is 20.2. The normalized spacial score (nSPS) is 13.8. The standard InChI is InChI=1S/C28H26N4O5/c1-19(20-10-4-2-5-11-20)29-27(35)22-14-8-9-15-23(22)30-25(33)18-37-28(36)24-16-17-26(34)32(31-24)21-12-6-3-7-13-21/h2-15,19H,16-18H2,1H3,(H,29,35)(H,30,33). The van der Waals surface area contributed by atoms with Crippen molar-refractivity contribution >= 4 is 40.8 Å². The van der Waals surface area contributed by atoms with Gasteiger partial charge in [-0.05, 0) is 36.8 Å². The van der Waals surface area contributed by atoms with Gasteiger partial charge in [-0.1, -0.05) is 60.7 Å². The first kappa shape index (κ1) is 25.3. The van der Waals surface area contributed by atoms with Crippen molar-refractivity contribution in [3.8, 4) is 0 Å². The molecule has 3 aromatic rings. The molecule has 0 spiro atoms.